The fraction of sp³-hybridized carbons (Fsp3) is 0.500. The molecule has 1 aliphatic heterocycles. The molecule has 0 aliphatic carbocycles. The second kappa shape index (κ2) is 3.11. The molecule has 1 saturated heterocycles. The van der Waals surface area contributed by atoms with Crippen molar-refractivity contribution in [2.24, 2.45) is 0 Å². The van der Waals surface area contributed by atoms with Gasteiger partial charge in [-0.15, -0.1) is 24.9 Å². The zero-order valence-corrected chi connectivity index (χ0v) is 6.36. The minimum absolute atomic E-state index is 0.688. The Kier molecular flexibility index (Phi) is 2.40. The lowest BCUT2D eigenvalue weighted by Crippen LogP contribution is -1.88. The molecule has 9 heavy (non-hydrogen) atoms. The van der Waals surface area contributed by atoms with Gasteiger partial charge in [0.15, 0.2) is 0 Å². The van der Waals surface area contributed by atoms with Crippen LogP contribution in [0.5, 0.6) is 0 Å². The molecule has 50 valence electrons. The van der Waals surface area contributed by atoms with Gasteiger partial charge in [-0.3, -0.25) is 0 Å². The predicted octanol–water partition coefficient (Wildman–Crippen LogP) is 2.62. The van der Waals surface area contributed by atoms with Gasteiger partial charge in [0.1, 0.15) is 0 Å². The molecule has 1 fully saturated rings. The maximum atomic E-state index is 3.76. The monoisotopic (exact) mass is 140 g/mol. The van der Waals surface area contributed by atoms with Crippen molar-refractivity contribution >= 4 is 11.8 Å². The van der Waals surface area contributed by atoms with Crippen molar-refractivity contribution in [1.82, 2.24) is 0 Å². The van der Waals surface area contributed by atoms with Crippen LogP contribution in [0.4, 0.5) is 0 Å². The summed E-state index contributed by atoms with van der Waals surface area (Å²) in [5.74, 6) is 0. The molecule has 0 aromatic rings. The van der Waals surface area contributed by atoms with Crippen LogP contribution in [0.1, 0.15) is 12.8 Å². The first kappa shape index (κ1) is 6.94. The molecule has 0 spiro atoms. The van der Waals surface area contributed by atoms with Crippen molar-refractivity contribution in [2.75, 3.05) is 0 Å². The van der Waals surface area contributed by atoms with Crippen LogP contribution in [0, 0.1) is 0 Å². The molecular weight excluding hydrogens is 128 g/mol. The van der Waals surface area contributed by atoms with Gasteiger partial charge in [0, 0.05) is 10.5 Å². The lowest BCUT2D eigenvalue weighted by Gasteiger charge is -2.00. The summed E-state index contributed by atoms with van der Waals surface area (Å²) < 4.78 is 0. The summed E-state index contributed by atoms with van der Waals surface area (Å²) in [5.41, 5.74) is 0. The molecule has 1 aliphatic rings. The molecule has 1 rings (SSSR count). The van der Waals surface area contributed by atoms with E-state index >= 15 is 0 Å². The predicted molar refractivity (Wildman–Crippen MR) is 44.8 cm³/mol. The maximum Gasteiger partial charge on any atom is 0.0230 e. The van der Waals surface area contributed by atoms with Gasteiger partial charge >= 0.3 is 0 Å². The van der Waals surface area contributed by atoms with Crippen LogP contribution in [-0.4, -0.2) is 10.5 Å². The van der Waals surface area contributed by atoms with Crippen molar-refractivity contribution in [1.29, 1.82) is 0 Å². The molecule has 0 N–H and O–H groups in total. The number of thioether (sulfide) groups is 1. The zero-order chi connectivity index (χ0) is 6.69. The summed E-state index contributed by atoms with van der Waals surface area (Å²) in [6.07, 6.45) is 6.64. The highest BCUT2D eigenvalue weighted by Crippen LogP contribution is 2.34. The van der Waals surface area contributed by atoms with Crippen molar-refractivity contribution < 1.29 is 0 Å². The van der Waals surface area contributed by atoms with Gasteiger partial charge in [-0.05, 0) is 12.8 Å². The van der Waals surface area contributed by atoms with E-state index in [-0.39, 0.29) is 0 Å². The standard InChI is InChI=1S/C8H12S/c1-3-7-5-6-8(4-2)9-7/h3-4,7-8H,1-2,5-6H2. The van der Waals surface area contributed by atoms with Crippen molar-refractivity contribution in [3.8, 4) is 0 Å². The highest BCUT2D eigenvalue weighted by Gasteiger charge is 2.19. The summed E-state index contributed by atoms with van der Waals surface area (Å²) in [6.45, 7) is 7.51. The first-order valence-electron chi connectivity index (χ1n) is 3.27. The van der Waals surface area contributed by atoms with E-state index in [4.69, 9.17) is 0 Å². The topological polar surface area (TPSA) is 0 Å². The zero-order valence-electron chi connectivity index (χ0n) is 5.55. The molecule has 0 nitrogen and oxygen atoms in total. The maximum absolute atomic E-state index is 3.76. The van der Waals surface area contributed by atoms with E-state index in [0.717, 1.165) is 0 Å². The molecular formula is C8H12S. The second-order valence-electron chi connectivity index (χ2n) is 2.26. The Morgan fingerprint density at radius 2 is 1.56 bits per heavy atom. The van der Waals surface area contributed by atoms with E-state index in [9.17, 15) is 0 Å². The number of rotatable bonds is 2. The minimum atomic E-state index is 0.688. The van der Waals surface area contributed by atoms with E-state index < -0.39 is 0 Å². The van der Waals surface area contributed by atoms with Gasteiger partial charge in [-0.1, -0.05) is 12.2 Å². The van der Waals surface area contributed by atoms with Crippen LogP contribution in [0.3, 0.4) is 0 Å². The fourth-order valence-corrected chi connectivity index (χ4v) is 2.25. The van der Waals surface area contributed by atoms with Gasteiger partial charge in [-0.2, -0.15) is 0 Å². The Hall–Kier alpha value is -0.170. The SMILES string of the molecule is C=CC1CCC(C=C)S1. The van der Waals surface area contributed by atoms with E-state index in [0.29, 0.717) is 10.5 Å². The summed E-state index contributed by atoms with van der Waals surface area (Å²) in [5, 5.41) is 1.38. The molecule has 2 unspecified atom stereocenters. The molecule has 0 bridgehead atoms. The molecule has 0 aromatic carbocycles. The lowest BCUT2D eigenvalue weighted by atomic mass is 10.2. The Morgan fingerprint density at radius 1 is 1.11 bits per heavy atom. The van der Waals surface area contributed by atoms with Crippen LogP contribution in [0.2, 0.25) is 0 Å². The summed E-state index contributed by atoms with van der Waals surface area (Å²) >= 11 is 1.97. The quantitative estimate of drug-likeness (QED) is 0.531. The third-order valence-electron chi connectivity index (χ3n) is 1.61. The second-order valence-corrected chi connectivity index (χ2v) is 3.74. The van der Waals surface area contributed by atoms with Crippen LogP contribution in [0.15, 0.2) is 25.3 Å². The van der Waals surface area contributed by atoms with Gasteiger partial charge in [0.2, 0.25) is 0 Å². The van der Waals surface area contributed by atoms with Crippen LogP contribution >= 0.6 is 11.8 Å². The molecule has 0 aromatic heterocycles. The molecule has 2 atom stereocenters. The average Bonchev–Trinajstić information content (AvgIpc) is 2.34. The minimum Gasteiger partial charge on any atom is -0.147 e. The molecule has 0 saturated carbocycles. The summed E-state index contributed by atoms with van der Waals surface area (Å²) in [4.78, 5) is 0. The normalized spacial score (nSPS) is 34.2. The summed E-state index contributed by atoms with van der Waals surface area (Å²) in [7, 11) is 0. The van der Waals surface area contributed by atoms with Gasteiger partial charge in [-0.25, -0.2) is 0 Å². The Bertz CT molecular complexity index is 104. The number of hydrogen-bond acceptors (Lipinski definition) is 1. The van der Waals surface area contributed by atoms with Gasteiger partial charge in [0.25, 0.3) is 0 Å². The Labute approximate surface area is 61.0 Å². The van der Waals surface area contributed by atoms with Crippen LogP contribution in [0.25, 0.3) is 0 Å². The summed E-state index contributed by atoms with van der Waals surface area (Å²) in [6, 6.07) is 0. The van der Waals surface area contributed by atoms with Gasteiger partial charge in [0.05, 0.1) is 0 Å². The molecule has 1 heterocycles. The van der Waals surface area contributed by atoms with Crippen LogP contribution < -0.4 is 0 Å². The van der Waals surface area contributed by atoms with E-state index in [1.54, 1.807) is 0 Å². The van der Waals surface area contributed by atoms with Crippen molar-refractivity contribution in [3.05, 3.63) is 25.3 Å². The highest BCUT2D eigenvalue weighted by atomic mass is 32.2. The average molecular weight is 140 g/mol. The Morgan fingerprint density at radius 3 is 1.78 bits per heavy atom. The van der Waals surface area contributed by atoms with E-state index in [2.05, 4.69) is 13.2 Å². The van der Waals surface area contributed by atoms with Crippen molar-refractivity contribution in [3.63, 3.8) is 0 Å². The molecule has 0 amide bonds. The first-order valence-corrected chi connectivity index (χ1v) is 4.21. The number of hydrogen-bond donors (Lipinski definition) is 0. The largest absolute Gasteiger partial charge is 0.147 e. The van der Waals surface area contributed by atoms with Gasteiger partial charge < -0.3 is 0 Å². The van der Waals surface area contributed by atoms with Crippen molar-refractivity contribution in [2.45, 2.75) is 23.3 Å². The smallest absolute Gasteiger partial charge is 0.0230 e. The highest BCUT2D eigenvalue weighted by molar-refractivity contribution is 8.01. The molecule has 0 radical (unpaired) electrons. The lowest BCUT2D eigenvalue weighted by molar-refractivity contribution is 0.835. The third-order valence-corrected chi connectivity index (χ3v) is 3.17. The molecule has 1 heteroatoms. The van der Waals surface area contributed by atoms with E-state index in [1.165, 1.54) is 12.8 Å². The third kappa shape index (κ3) is 1.62. The van der Waals surface area contributed by atoms with Crippen LogP contribution in [-0.2, 0) is 0 Å². The Balaban J connectivity index is 2.36. The van der Waals surface area contributed by atoms with E-state index in [1.807, 2.05) is 23.9 Å². The fourth-order valence-electron chi connectivity index (χ4n) is 1.04. The first-order chi connectivity index (χ1) is 4.36.